The minimum atomic E-state index is -4.80. The van der Waals surface area contributed by atoms with Crippen molar-refractivity contribution in [3.05, 3.63) is 82.2 Å². The molecule has 0 aliphatic carbocycles. The lowest BCUT2D eigenvalue weighted by Crippen LogP contribution is -2.41. The minimum absolute atomic E-state index is 0.0200. The molecule has 0 bridgehead atoms. The molecule has 196 valence electrons. The van der Waals surface area contributed by atoms with E-state index in [-0.39, 0.29) is 12.3 Å². The number of para-hydroxylation sites is 1. The van der Waals surface area contributed by atoms with Gasteiger partial charge in [-0.2, -0.15) is 4.99 Å². The van der Waals surface area contributed by atoms with Crippen molar-refractivity contribution in [3.8, 4) is 17.2 Å². The maximum atomic E-state index is 13.3. The predicted molar refractivity (Wildman–Crippen MR) is 135 cm³/mol. The number of hydrogen-bond donors (Lipinski definition) is 0. The van der Waals surface area contributed by atoms with E-state index in [0.29, 0.717) is 58.5 Å². The summed E-state index contributed by atoms with van der Waals surface area (Å²) < 4.78 is 64.7. The molecular formula is C26H24F4N2O4S. The quantitative estimate of drug-likeness (QED) is 0.141. The molecule has 0 saturated carbocycles. The second-order valence-electron chi connectivity index (χ2n) is 8.14. The first-order valence-corrected chi connectivity index (χ1v) is 12.3. The highest BCUT2D eigenvalue weighted by molar-refractivity contribution is 8.16. The number of halogens is 4. The van der Waals surface area contributed by atoms with Gasteiger partial charge >= 0.3 is 6.36 Å². The number of methoxy groups -OCH3 is 1. The molecule has 6 nitrogen and oxygen atoms in total. The first-order chi connectivity index (χ1) is 17.7. The summed E-state index contributed by atoms with van der Waals surface area (Å²) in [4.78, 5) is 4.57. The summed E-state index contributed by atoms with van der Waals surface area (Å²) in [5.41, 5.74) is 2.29. The first-order valence-electron chi connectivity index (χ1n) is 11.4. The Kier molecular flexibility index (Phi) is 8.25. The number of rotatable bonds is 10. The number of nitrogens with zero attached hydrogens (tertiary/aromatic N) is 2. The van der Waals surface area contributed by atoms with Crippen LogP contribution in [-0.2, 0) is 0 Å². The molecule has 0 saturated heterocycles. The van der Waals surface area contributed by atoms with Crippen LogP contribution in [0.25, 0.3) is 11.6 Å². The lowest BCUT2D eigenvalue weighted by molar-refractivity contribution is -0.718. The topological polar surface area (TPSA) is 63.1 Å². The standard InChI is InChI=1S/C26H24F4N2O4S/c1-34-23-6-4-5-19(24(23)35-15-3-2-13-27)9-12-22-21(17-32(33)14-16-37-25(32)31-22)18-7-10-20(11-8-18)36-26(28,29)30/h4-12,14,16H,2-3,13,15,17H2,1H3. The molecule has 2 aliphatic rings. The SMILES string of the molecule is COc1cccc(C=CC2=C(c3ccc(OC(F)(F)F)cc3)C[N+]3([O-])C=CSC3=N2)c1OCCCCF. The lowest BCUT2D eigenvalue weighted by Gasteiger charge is -2.38. The second-order valence-corrected chi connectivity index (χ2v) is 9.02. The van der Waals surface area contributed by atoms with Gasteiger partial charge in [0, 0.05) is 16.5 Å². The van der Waals surface area contributed by atoms with Gasteiger partial charge in [0.25, 0.3) is 5.17 Å². The molecule has 0 fully saturated rings. The predicted octanol–water partition coefficient (Wildman–Crippen LogP) is 7.05. The molecule has 2 aromatic rings. The summed E-state index contributed by atoms with van der Waals surface area (Å²) >= 11 is 1.22. The normalized spacial score (nSPS) is 19.2. The van der Waals surface area contributed by atoms with Gasteiger partial charge in [-0.1, -0.05) is 24.3 Å². The molecular weight excluding hydrogens is 512 g/mol. The first kappa shape index (κ1) is 26.8. The molecule has 2 aromatic carbocycles. The van der Waals surface area contributed by atoms with E-state index < -0.39 is 17.7 Å². The Morgan fingerprint density at radius 1 is 1.11 bits per heavy atom. The number of benzene rings is 2. The largest absolute Gasteiger partial charge is 0.620 e. The number of aliphatic imine (C=N–C) groups is 1. The van der Waals surface area contributed by atoms with Crippen molar-refractivity contribution in [2.45, 2.75) is 19.2 Å². The van der Waals surface area contributed by atoms with Crippen LogP contribution in [0.1, 0.15) is 24.0 Å². The number of fused-ring (bicyclic) bond motifs is 1. The van der Waals surface area contributed by atoms with Crippen molar-refractivity contribution in [1.29, 1.82) is 0 Å². The number of unbranched alkanes of at least 4 members (excludes halogenated alkanes) is 1. The average molecular weight is 537 g/mol. The number of amidine groups is 1. The maximum absolute atomic E-state index is 13.3. The Hall–Kier alpha value is -3.28. The molecule has 11 heteroatoms. The number of hydroxylamine groups is 3. The summed E-state index contributed by atoms with van der Waals surface area (Å²) in [5.74, 6) is 0.644. The molecule has 1 unspecified atom stereocenters. The van der Waals surface area contributed by atoms with E-state index >= 15 is 0 Å². The van der Waals surface area contributed by atoms with E-state index in [4.69, 9.17) is 9.47 Å². The van der Waals surface area contributed by atoms with Crippen LogP contribution in [-0.4, -0.2) is 43.1 Å². The van der Waals surface area contributed by atoms with Crippen molar-refractivity contribution < 1.29 is 36.4 Å². The molecule has 1 atom stereocenters. The van der Waals surface area contributed by atoms with Gasteiger partial charge in [0.2, 0.25) is 0 Å². The van der Waals surface area contributed by atoms with Crippen LogP contribution >= 0.6 is 11.8 Å². The van der Waals surface area contributed by atoms with Crippen LogP contribution in [0.4, 0.5) is 17.6 Å². The van der Waals surface area contributed by atoms with Gasteiger partial charge < -0.3 is 19.4 Å². The monoisotopic (exact) mass is 536 g/mol. The third kappa shape index (κ3) is 6.54. The van der Waals surface area contributed by atoms with Crippen LogP contribution in [0.2, 0.25) is 0 Å². The van der Waals surface area contributed by atoms with Crippen molar-refractivity contribution in [2.24, 2.45) is 4.99 Å². The molecule has 37 heavy (non-hydrogen) atoms. The third-order valence-corrected chi connectivity index (χ3v) is 6.45. The molecule has 0 spiro atoms. The van der Waals surface area contributed by atoms with Gasteiger partial charge in [0.1, 0.15) is 18.5 Å². The van der Waals surface area contributed by atoms with Crippen LogP contribution in [0.15, 0.2) is 70.8 Å². The van der Waals surface area contributed by atoms with Gasteiger partial charge in [0.05, 0.1) is 26.1 Å². The highest BCUT2D eigenvalue weighted by Crippen LogP contribution is 2.39. The molecule has 0 radical (unpaired) electrons. The fourth-order valence-corrected chi connectivity index (χ4v) is 4.65. The van der Waals surface area contributed by atoms with Gasteiger partial charge in [-0.15, -0.1) is 13.2 Å². The number of ether oxygens (including phenoxy) is 3. The van der Waals surface area contributed by atoms with Crippen molar-refractivity contribution >= 4 is 28.6 Å². The van der Waals surface area contributed by atoms with Crippen LogP contribution in [0, 0.1) is 5.21 Å². The van der Waals surface area contributed by atoms with E-state index in [1.807, 2.05) is 6.07 Å². The molecule has 0 aromatic heterocycles. The van der Waals surface area contributed by atoms with Gasteiger partial charge in [0.15, 0.2) is 11.5 Å². The van der Waals surface area contributed by atoms with Crippen molar-refractivity contribution in [2.75, 3.05) is 26.9 Å². The Balaban J connectivity index is 1.69. The Morgan fingerprint density at radius 2 is 1.89 bits per heavy atom. The highest BCUT2D eigenvalue weighted by Gasteiger charge is 2.35. The fourth-order valence-electron chi connectivity index (χ4n) is 3.81. The molecule has 0 amide bonds. The molecule has 0 N–H and O–H groups in total. The highest BCUT2D eigenvalue weighted by atomic mass is 32.2. The van der Waals surface area contributed by atoms with E-state index in [0.717, 1.165) is 0 Å². The summed E-state index contributed by atoms with van der Waals surface area (Å²) in [6.45, 7) is -0.0897. The van der Waals surface area contributed by atoms with Gasteiger partial charge in [-0.05, 0) is 60.5 Å². The zero-order valence-corrected chi connectivity index (χ0v) is 20.7. The Labute approximate surface area is 215 Å². The van der Waals surface area contributed by atoms with Crippen LogP contribution in [0.3, 0.4) is 0 Å². The molecule has 2 aliphatic heterocycles. The fraction of sp³-hybridized carbons (Fsp3) is 0.269. The third-order valence-electron chi connectivity index (χ3n) is 5.58. The van der Waals surface area contributed by atoms with Crippen LogP contribution < -0.4 is 14.2 Å². The summed E-state index contributed by atoms with van der Waals surface area (Å²) in [7, 11) is 1.52. The number of alkyl halides is 4. The van der Waals surface area contributed by atoms with Crippen molar-refractivity contribution in [3.63, 3.8) is 0 Å². The van der Waals surface area contributed by atoms with E-state index in [1.54, 1.807) is 29.7 Å². The molecule has 4 rings (SSSR count). The number of allylic oxidation sites excluding steroid dienone is 1. The van der Waals surface area contributed by atoms with Crippen LogP contribution in [0.5, 0.6) is 17.2 Å². The summed E-state index contributed by atoms with van der Waals surface area (Å²) in [6.07, 6.45) is 1.11. The Morgan fingerprint density at radius 3 is 2.59 bits per heavy atom. The maximum Gasteiger partial charge on any atom is 0.573 e. The Bertz CT molecular complexity index is 1240. The smallest absolute Gasteiger partial charge is 0.573 e. The van der Waals surface area contributed by atoms with E-state index in [2.05, 4.69) is 9.73 Å². The minimum Gasteiger partial charge on any atom is -0.620 e. The van der Waals surface area contributed by atoms with E-state index in [9.17, 15) is 22.8 Å². The zero-order chi connectivity index (χ0) is 26.5. The summed E-state index contributed by atoms with van der Waals surface area (Å²) in [5, 5.41) is 15.3. The average Bonchev–Trinajstić information content (AvgIpc) is 3.24. The molecule has 2 heterocycles. The van der Waals surface area contributed by atoms with E-state index in [1.165, 1.54) is 49.3 Å². The summed E-state index contributed by atoms with van der Waals surface area (Å²) in [6, 6.07) is 10.7. The van der Waals surface area contributed by atoms with Gasteiger partial charge in [-0.25, -0.2) is 0 Å². The second kappa shape index (κ2) is 11.4. The number of hydrogen-bond acceptors (Lipinski definition) is 6. The lowest BCUT2D eigenvalue weighted by atomic mass is 10.0. The number of thioether (sulfide) groups is 1. The zero-order valence-electron chi connectivity index (χ0n) is 19.8. The van der Waals surface area contributed by atoms with Crippen molar-refractivity contribution in [1.82, 2.24) is 0 Å². The van der Waals surface area contributed by atoms with Gasteiger partial charge in [-0.3, -0.25) is 9.04 Å². The number of quaternary nitrogens is 1.